The summed E-state index contributed by atoms with van der Waals surface area (Å²) in [6.07, 6.45) is 1.27. The molecule has 3 atom stereocenters. The lowest BCUT2D eigenvalue weighted by Crippen LogP contribution is -2.50. The van der Waals surface area contributed by atoms with Gasteiger partial charge < -0.3 is 26.4 Å². The third-order valence-electron chi connectivity index (χ3n) is 7.83. The number of esters is 1. The minimum absolute atomic E-state index is 0.0309. The number of rotatable bonds is 18. The van der Waals surface area contributed by atoms with Crippen LogP contribution in [-0.2, 0) is 50.2 Å². The van der Waals surface area contributed by atoms with Crippen LogP contribution in [0.2, 0.25) is 0 Å². The van der Waals surface area contributed by atoms with Crippen molar-refractivity contribution in [1.82, 2.24) is 10.6 Å². The van der Waals surface area contributed by atoms with Crippen LogP contribution in [0.4, 0.5) is 10.5 Å². The van der Waals surface area contributed by atoms with E-state index in [9.17, 15) is 46.5 Å². The number of carbonyl (C=O) groups excluding carboxylic acids is 7. The molecule has 0 unspecified atom stereocenters. The number of hydrogen-bond acceptors (Lipinski definition) is 10. The monoisotopic (exact) mass is 706 g/mol. The smallest absolute Gasteiger partial charge is 0.312 e. The van der Waals surface area contributed by atoms with Gasteiger partial charge in [-0.3, -0.25) is 33.3 Å². The molecule has 1 aromatic rings. The summed E-state index contributed by atoms with van der Waals surface area (Å²) >= 11 is 0. The van der Waals surface area contributed by atoms with E-state index < -0.39 is 86.2 Å². The van der Waals surface area contributed by atoms with Gasteiger partial charge in [-0.15, -0.1) is 0 Å². The maximum absolute atomic E-state index is 13.6. The number of nitrogens with one attached hydrogen (secondary N) is 3. The first kappa shape index (κ1) is 40.7. The van der Waals surface area contributed by atoms with Gasteiger partial charge in [0.15, 0.2) is 22.6 Å². The third-order valence-corrected chi connectivity index (χ3v) is 9.00. The lowest BCUT2D eigenvalue weighted by atomic mass is 9.89. The fourth-order valence-corrected chi connectivity index (χ4v) is 5.74. The van der Waals surface area contributed by atoms with Gasteiger partial charge in [-0.25, -0.2) is 4.79 Å². The largest absolute Gasteiger partial charge is 0.460 e. The van der Waals surface area contributed by atoms with E-state index in [0.29, 0.717) is 11.3 Å². The van der Waals surface area contributed by atoms with Crippen LogP contribution in [-0.4, -0.2) is 72.0 Å². The zero-order chi connectivity index (χ0) is 37.1. The summed E-state index contributed by atoms with van der Waals surface area (Å²) in [5.74, 6) is -6.46. The fourth-order valence-electron chi connectivity index (χ4n) is 4.97. The molecule has 0 heterocycles. The van der Waals surface area contributed by atoms with E-state index >= 15 is 0 Å². The molecule has 2 rings (SSSR count). The van der Waals surface area contributed by atoms with Gasteiger partial charge in [-0.05, 0) is 82.2 Å². The Balaban J connectivity index is 2.16. The minimum Gasteiger partial charge on any atom is -0.460 e. The maximum atomic E-state index is 13.6. The highest BCUT2D eigenvalue weighted by atomic mass is 32.2. The summed E-state index contributed by atoms with van der Waals surface area (Å²) in [4.78, 5) is 87.1. The van der Waals surface area contributed by atoms with Crippen molar-refractivity contribution in [2.45, 2.75) is 84.6 Å². The number of anilines is 1. The van der Waals surface area contributed by atoms with E-state index in [0.717, 1.165) is 12.2 Å². The van der Waals surface area contributed by atoms with Crippen LogP contribution in [0.25, 0.3) is 0 Å². The highest BCUT2D eigenvalue weighted by Crippen LogP contribution is 2.23. The van der Waals surface area contributed by atoms with E-state index in [-0.39, 0.29) is 44.8 Å². The van der Waals surface area contributed by atoms with Gasteiger partial charge in [0, 0.05) is 24.6 Å². The SMILES string of the molecule is CC(C)[C@H](NC(=O)[C@@H](CCC1C(=O)C=CC1=O)S(=O)(=O)O)C(=O)C[C@@H](CCCNC(N)=O)C(=O)Nc1ccc(COC(=O)C(C)(C)C)cc1. The Labute approximate surface area is 285 Å². The van der Waals surface area contributed by atoms with E-state index in [2.05, 4.69) is 16.0 Å². The molecule has 16 heteroatoms. The standard InChI is InChI=1S/C33H46N4O11S/c1-19(2)28(37-30(42)27(49(45,46)47)15-12-23-24(38)13-14-25(23)39)26(40)17-21(7-6-16-35-32(34)44)29(41)36-22-10-8-20(9-11-22)18-48-31(43)33(3,4)5/h8-11,13-14,19,21,23,27-28H,6-7,12,15-18H2,1-5H3,(H,36,41)(H,37,42)(H3,34,35,44)(H,45,46,47)/t21-,27-,28+/m1/s1. The van der Waals surface area contributed by atoms with Crippen molar-refractivity contribution in [1.29, 1.82) is 0 Å². The quantitative estimate of drug-likeness (QED) is 0.0641. The Morgan fingerprint density at radius 2 is 1.55 bits per heavy atom. The summed E-state index contributed by atoms with van der Waals surface area (Å²) < 4.78 is 39.4. The highest BCUT2D eigenvalue weighted by Gasteiger charge is 2.38. The Bertz CT molecular complexity index is 1530. The zero-order valence-electron chi connectivity index (χ0n) is 28.3. The van der Waals surface area contributed by atoms with Gasteiger partial charge in [0.05, 0.1) is 17.4 Å². The molecule has 49 heavy (non-hydrogen) atoms. The molecule has 0 saturated carbocycles. The second kappa shape index (κ2) is 17.8. The molecule has 0 fully saturated rings. The van der Waals surface area contributed by atoms with Crippen LogP contribution in [0.3, 0.4) is 0 Å². The van der Waals surface area contributed by atoms with Crippen molar-refractivity contribution in [2.75, 3.05) is 11.9 Å². The van der Waals surface area contributed by atoms with Crippen molar-refractivity contribution in [3.8, 4) is 0 Å². The summed E-state index contributed by atoms with van der Waals surface area (Å²) in [5.41, 5.74) is 5.52. The maximum Gasteiger partial charge on any atom is 0.312 e. The predicted octanol–water partition coefficient (Wildman–Crippen LogP) is 2.24. The predicted molar refractivity (Wildman–Crippen MR) is 178 cm³/mol. The van der Waals surface area contributed by atoms with Gasteiger partial charge >= 0.3 is 12.0 Å². The van der Waals surface area contributed by atoms with Gasteiger partial charge in [-0.2, -0.15) is 8.42 Å². The molecule has 1 aliphatic rings. The molecule has 1 aliphatic carbocycles. The van der Waals surface area contributed by atoms with Crippen molar-refractivity contribution < 1.29 is 51.3 Å². The second-order valence-corrected chi connectivity index (χ2v) is 14.9. The molecule has 4 amide bonds. The molecule has 0 bridgehead atoms. The molecular formula is C33H46N4O11S. The Morgan fingerprint density at radius 3 is 2.06 bits per heavy atom. The number of amides is 4. The first-order valence-electron chi connectivity index (χ1n) is 15.9. The van der Waals surface area contributed by atoms with Crippen LogP contribution in [0.15, 0.2) is 36.4 Å². The van der Waals surface area contributed by atoms with Gasteiger partial charge in [0.2, 0.25) is 11.8 Å². The summed E-state index contributed by atoms with van der Waals surface area (Å²) in [7, 11) is -5.00. The second-order valence-electron chi connectivity index (χ2n) is 13.3. The molecule has 0 radical (unpaired) electrons. The number of ether oxygens (including phenoxy) is 1. The fraction of sp³-hybridized carbons (Fsp3) is 0.545. The molecular weight excluding hydrogens is 660 g/mol. The Kier molecular flexibility index (Phi) is 14.8. The Hall–Kier alpha value is -4.44. The molecule has 0 aromatic heterocycles. The molecule has 0 saturated heterocycles. The number of carbonyl (C=O) groups is 7. The zero-order valence-corrected chi connectivity index (χ0v) is 29.1. The number of allylic oxidation sites excluding steroid dienone is 2. The van der Waals surface area contributed by atoms with Crippen LogP contribution < -0.4 is 21.7 Å². The van der Waals surface area contributed by atoms with Crippen LogP contribution >= 0.6 is 0 Å². The first-order valence-corrected chi connectivity index (χ1v) is 17.4. The third kappa shape index (κ3) is 13.2. The number of ketones is 3. The molecule has 15 nitrogen and oxygen atoms in total. The van der Waals surface area contributed by atoms with E-state index in [1.165, 1.54) is 0 Å². The molecule has 0 spiro atoms. The van der Waals surface area contributed by atoms with E-state index in [4.69, 9.17) is 10.5 Å². The molecule has 1 aromatic carbocycles. The minimum atomic E-state index is -5.00. The molecule has 270 valence electrons. The lowest BCUT2D eigenvalue weighted by Gasteiger charge is -2.25. The summed E-state index contributed by atoms with van der Waals surface area (Å²) in [6, 6.07) is 4.49. The average molecular weight is 707 g/mol. The van der Waals surface area contributed by atoms with Crippen LogP contribution in [0, 0.1) is 23.2 Å². The van der Waals surface area contributed by atoms with Gasteiger partial charge in [0.25, 0.3) is 10.1 Å². The number of Topliss-reactive ketones (excluding diaryl/α,β-unsaturated/α-hetero) is 1. The van der Waals surface area contributed by atoms with Crippen LogP contribution in [0.5, 0.6) is 0 Å². The summed E-state index contributed by atoms with van der Waals surface area (Å²) in [5, 5.41) is 5.48. The van der Waals surface area contributed by atoms with Crippen molar-refractivity contribution in [3.05, 3.63) is 42.0 Å². The number of urea groups is 1. The summed E-state index contributed by atoms with van der Waals surface area (Å²) in [6.45, 7) is 8.54. The average Bonchev–Trinajstić information content (AvgIpc) is 3.31. The van der Waals surface area contributed by atoms with Gasteiger partial charge in [0.1, 0.15) is 6.61 Å². The lowest BCUT2D eigenvalue weighted by molar-refractivity contribution is -0.154. The van der Waals surface area contributed by atoms with Crippen molar-refractivity contribution in [3.63, 3.8) is 0 Å². The number of primary amides is 1. The van der Waals surface area contributed by atoms with E-state index in [1.54, 1.807) is 58.9 Å². The van der Waals surface area contributed by atoms with Crippen LogP contribution in [0.1, 0.15) is 72.3 Å². The Morgan fingerprint density at radius 1 is 0.959 bits per heavy atom. The number of hydrogen-bond donors (Lipinski definition) is 5. The number of benzene rings is 1. The first-order chi connectivity index (χ1) is 22.7. The topological polar surface area (TPSA) is 245 Å². The normalized spacial score (nSPS) is 15.4. The molecule has 0 aliphatic heterocycles. The van der Waals surface area contributed by atoms with E-state index in [1.807, 2.05) is 0 Å². The van der Waals surface area contributed by atoms with Gasteiger partial charge in [-0.1, -0.05) is 26.0 Å². The van der Waals surface area contributed by atoms with Crippen molar-refractivity contribution >= 4 is 57.0 Å². The highest BCUT2D eigenvalue weighted by molar-refractivity contribution is 7.87. The molecule has 6 N–H and O–H groups in total. The number of nitrogens with two attached hydrogens (primary N) is 1. The van der Waals surface area contributed by atoms with Crippen molar-refractivity contribution in [2.24, 2.45) is 28.9 Å².